The maximum Gasteiger partial charge on any atom is 0.101 e. The lowest BCUT2D eigenvalue weighted by atomic mass is 10.0. The lowest BCUT2D eigenvalue weighted by Crippen LogP contribution is -2.18. The van der Waals surface area contributed by atoms with E-state index in [-0.39, 0.29) is 0 Å². The zero-order chi connectivity index (χ0) is 13.9. The Morgan fingerprint density at radius 2 is 1.75 bits per heavy atom. The molecule has 0 aromatic heterocycles. The SMILES string of the molecule is N#Cc1cc(-c2cccc(N)c2)ccc1N1CCCC1. The van der Waals surface area contributed by atoms with Crippen molar-refractivity contribution in [2.24, 2.45) is 0 Å². The van der Waals surface area contributed by atoms with Gasteiger partial charge in [-0.2, -0.15) is 5.26 Å². The van der Waals surface area contributed by atoms with Crippen molar-refractivity contribution < 1.29 is 0 Å². The number of anilines is 2. The van der Waals surface area contributed by atoms with Crippen LogP contribution in [-0.2, 0) is 0 Å². The smallest absolute Gasteiger partial charge is 0.101 e. The second kappa shape index (κ2) is 5.26. The molecule has 0 spiro atoms. The van der Waals surface area contributed by atoms with E-state index in [1.165, 1.54) is 12.8 Å². The monoisotopic (exact) mass is 263 g/mol. The third-order valence-electron chi connectivity index (χ3n) is 3.78. The van der Waals surface area contributed by atoms with Gasteiger partial charge >= 0.3 is 0 Å². The zero-order valence-corrected chi connectivity index (χ0v) is 11.3. The minimum absolute atomic E-state index is 0.740. The maximum atomic E-state index is 9.40. The standard InChI is InChI=1S/C17H17N3/c18-12-15-10-14(13-4-3-5-16(19)11-13)6-7-17(15)20-8-1-2-9-20/h3-7,10-11H,1-2,8-9,19H2. The third kappa shape index (κ3) is 2.33. The normalized spacial score (nSPS) is 14.2. The average Bonchev–Trinajstić information content (AvgIpc) is 3.00. The fourth-order valence-electron chi connectivity index (χ4n) is 2.76. The molecule has 1 heterocycles. The molecule has 1 aliphatic heterocycles. The van der Waals surface area contributed by atoms with Gasteiger partial charge in [-0.25, -0.2) is 0 Å². The van der Waals surface area contributed by atoms with Crippen molar-refractivity contribution in [2.45, 2.75) is 12.8 Å². The summed E-state index contributed by atoms with van der Waals surface area (Å²) in [7, 11) is 0. The van der Waals surface area contributed by atoms with Crippen molar-refractivity contribution in [1.82, 2.24) is 0 Å². The van der Waals surface area contributed by atoms with Crippen LogP contribution in [0.3, 0.4) is 0 Å². The van der Waals surface area contributed by atoms with Crippen LogP contribution in [-0.4, -0.2) is 13.1 Å². The van der Waals surface area contributed by atoms with E-state index in [9.17, 15) is 5.26 Å². The van der Waals surface area contributed by atoms with Gasteiger partial charge in [-0.3, -0.25) is 0 Å². The van der Waals surface area contributed by atoms with Gasteiger partial charge in [-0.05, 0) is 48.2 Å². The second-order valence-corrected chi connectivity index (χ2v) is 5.16. The first kappa shape index (κ1) is 12.6. The van der Waals surface area contributed by atoms with Gasteiger partial charge < -0.3 is 10.6 Å². The van der Waals surface area contributed by atoms with Crippen molar-refractivity contribution in [3.05, 3.63) is 48.0 Å². The Hall–Kier alpha value is -2.47. The second-order valence-electron chi connectivity index (χ2n) is 5.16. The van der Waals surface area contributed by atoms with Gasteiger partial charge in [0, 0.05) is 18.8 Å². The van der Waals surface area contributed by atoms with E-state index in [0.29, 0.717) is 0 Å². The molecule has 2 aromatic rings. The van der Waals surface area contributed by atoms with Gasteiger partial charge in [0.2, 0.25) is 0 Å². The first-order valence-electron chi connectivity index (χ1n) is 6.93. The van der Waals surface area contributed by atoms with Crippen LogP contribution in [0.2, 0.25) is 0 Å². The predicted octanol–water partition coefficient (Wildman–Crippen LogP) is 3.41. The van der Waals surface area contributed by atoms with Crippen LogP contribution in [0.1, 0.15) is 18.4 Å². The van der Waals surface area contributed by atoms with Crippen LogP contribution in [0.15, 0.2) is 42.5 Å². The molecule has 3 rings (SSSR count). The Kier molecular flexibility index (Phi) is 3.30. The molecule has 1 fully saturated rings. The molecule has 2 aromatic carbocycles. The molecule has 20 heavy (non-hydrogen) atoms. The van der Waals surface area contributed by atoms with Crippen molar-refractivity contribution in [1.29, 1.82) is 5.26 Å². The number of nitrogens with zero attached hydrogens (tertiary/aromatic N) is 2. The highest BCUT2D eigenvalue weighted by atomic mass is 15.1. The summed E-state index contributed by atoms with van der Waals surface area (Å²) in [4.78, 5) is 2.29. The van der Waals surface area contributed by atoms with Gasteiger partial charge in [-0.15, -0.1) is 0 Å². The largest absolute Gasteiger partial charge is 0.399 e. The fraction of sp³-hybridized carbons (Fsp3) is 0.235. The highest BCUT2D eigenvalue weighted by Gasteiger charge is 2.16. The maximum absolute atomic E-state index is 9.40. The highest BCUT2D eigenvalue weighted by Crippen LogP contribution is 2.29. The molecule has 0 radical (unpaired) electrons. The van der Waals surface area contributed by atoms with Crippen LogP contribution in [0.4, 0.5) is 11.4 Å². The Labute approximate surface area is 119 Å². The van der Waals surface area contributed by atoms with E-state index in [0.717, 1.165) is 41.2 Å². The predicted molar refractivity (Wildman–Crippen MR) is 82.5 cm³/mol. The Morgan fingerprint density at radius 3 is 2.45 bits per heavy atom. The summed E-state index contributed by atoms with van der Waals surface area (Å²) in [5, 5.41) is 9.40. The molecule has 0 amide bonds. The third-order valence-corrected chi connectivity index (χ3v) is 3.78. The summed E-state index contributed by atoms with van der Waals surface area (Å²) >= 11 is 0. The van der Waals surface area contributed by atoms with E-state index < -0.39 is 0 Å². The molecule has 1 aliphatic rings. The molecule has 0 aliphatic carbocycles. The minimum Gasteiger partial charge on any atom is -0.399 e. The lowest BCUT2D eigenvalue weighted by Gasteiger charge is -2.19. The van der Waals surface area contributed by atoms with Crippen molar-refractivity contribution >= 4 is 11.4 Å². The average molecular weight is 263 g/mol. The highest BCUT2D eigenvalue weighted by molar-refractivity contribution is 5.73. The van der Waals surface area contributed by atoms with E-state index in [4.69, 9.17) is 5.73 Å². The summed E-state index contributed by atoms with van der Waals surface area (Å²) in [5.41, 5.74) is 10.4. The first-order valence-corrected chi connectivity index (χ1v) is 6.93. The molecular weight excluding hydrogens is 246 g/mol. The molecular formula is C17H17N3. The number of rotatable bonds is 2. The fourth-order valence-corrected chi connectivity index (χ4v) is 2.76. The summed E-state index contributed by atoms with van der Waals surface area (Å²) < 4.78 is 0. The quantitative estimate of drug-likeness (QED) is 0.845. The van der Waals surface area contributed by atoms with E-state index in [1.807, 2.05) is 30.3 Å². The van der Waals surface area contributed by atoms with Crippen LogP contribution in [0.25, 0.3) is 11.1 Å². The first-order chi connectivity index (χ1) is 9.78. The number of hydrogen-bond donors (Lipinski definition) is 1. The molecule has 1 saturated heterocycles. The number of nitrogen functional groups attached to an aromatic ring is 1. The lowest BCUT2D eigenvalue weighted by molar-refractivity contribution is 0.949. The van der Waals surface area contributed by atoms with Crippen LogP contribution in [0, 0.1) is 11.3 Å². The van der Waals surface area contributed by atoms with E-state index >= 15 is 0 Å². The van der Waals surface area contributed by atoms with E-state index in [2.05, 4.69) is 23.1 Å². The van der Waals surface area contributed by atoms with Crippen molar-refractivity contribution in [3.8, 4) is 17.2 Å². The van der Waals surface area contributed by atoms with Gasteiger partial charge in [-0.1, -0.05) is 18.2 Å². The molecule has 0 unspecified atom stereocenters. The molecule has 0 bridgehead atoms. The van der Waals surface area contributed by atoms with Crippen LogP contribution < -0.4 is 10.6 Å². The van der Waals surface area contributed by atoms with Crippen LogP contribution >= 0.6 is 0 Å². The molecule has 0 atom stereocenters. The zero-order valence-electron chi connectivity index (χ0n) is 11.3. The number of nitriles is 1. The molecule has 100 valence electrons. The summed E-state index contributed by atoms with van der Waals surface area (Å²) in [6.07, 6.45) is 2.42. The van der Waals surface area contributed by atoms with Gasteiger partial charge in [0.05, 0.1) is 11.3 Å². The number of benzene rings is 2. The molecule has 3 heteroatoms. The minimum atomic E-state index is 0.740. The molecule has 2 N–H and O–H groups in total. The van der Waals surface area contributed by atoms with Gasteiger partial charge in [0.1, 0.15) is 6.07 Å². The summed E-state index contributed by atoms with van der Waals surface area (Å²) in [5.74, 6) is 0. The Morgan fingerprint density at radius 1 is 1.00 bits per heavy atom. The number of nitrogens with two attached hydrogens (primary N) is 1. The Bertz CT molecular complexity index is 664. The molecule has 0 saturated carbocycles. The van der Waals surface area contributed by atoms with Crippen LogP contribution in [0.5, 0.6) is 0 Å². The van der Waals surface area contributed by atoms with E-state index in [1.54, 1.807) is 0 Å². The topological polar surface area (TPSA) is 53.1 Å². The Balaban J connectivity index is 2.01. The van der Waals surface area contributed by atoms with Gasteiger partial charge in [0.25, 0.3) is 0 Å². The van der Waals surface area contributed by atoms with Gasteiger partial charge in [0.15, 0.2) is 0 Å². The van der Waals surface area contributed by atoms with Crippen molar-refractivity contribution in [2.75, 3.05) is 23.7 Å². The number of hydrogen-bond acceptors (Lipinski definition) is 3. The summed E-state index contributed by atoms with van der Waals surface area (Å²) in [6.45, 7) is 2.10. The summed E-state index contributed by atoms with van der Waals surface area (Å²) in [6, 6.07) is 16.2. The van der Waals surface area contributed by atoms with Crippen molar-refractivity contribution in [3.63, 3.8) is 0 Å². The molecule has 3 nitrogen and oxygen atoms in total.